The van der Waals surface area contributed by atoms with Crippen LogP contribution in [0.2, 0.25) is 0 Å². The Labute approximate surface area is 127 Å². The van der Waals surface area contributed by atoms with Gasteiger partial charge in [-0.3, -0.25) is 4.79 Å². The van der Waals surface area contributed by atoms with Gasteiger partial charge in [-0.25, -0.2) is 0 Å². The van der Waals surface area contributed by atoms with E-state index in [1.54, 1.807) is 0 Å². The molecule has 2 aliphatic rings. The van der Waals surface area contributed by atoms with Crippen molar-refractivity contribution in [3.05, 3.63) is 35.9 Å². The predicted molar refractivity (Wildman–Crippen MR) is 82.9 cm³/mol. The molecular formula is C18H25NO2. The normalized spacial score (nSPS) is 32.7. The fourth-order valence-corrected chi connectivity index (χ4v) is 4.25. The number of likely N-dealkylation sites (tertiary alicyclic amines) is 1. The van der Waals surface area contributed by atoms with E-state index in [2.05, 4.69) is 36.2 Å². The summed E-state index contributed by atoms with van der Waals surface area (Å²) in [6.07, 6.45) is 4.96. The molecule has 1 aromatic carbocycles. The zero-order valence-corrected chi connectivity index (χ0v) is 13.0. The van der Waals surface area contributed by atoms with Crippen LogP contribution in [0.25, 0.3) is 0 Å². The smallest absolute Gasteiger partial charge is 0.306 e. The van der Waals surface area contributed by atoms with Crippen molar-refractivity contribution in [1.82, 2.24) is 4.90 Å². The van der Waals surface area contributed by atoms with E-state index in [0.717, 1.165) is 19.4 Å². The highest BCUT2D eigenvalue weighted by molar-refractivity contribution is 5.69. The van der Waals surface area contributed by atoms with Gasteiger partial charge in [0.05, 0.1) is 0 Å². The molecule has 0 bridgehead atoms. The number of nitrogens with zero attached hydrogens (tertiary/aromatic N) is 1. The number of piperidine rings is 1. The molecule has 1 aromatic rings. The minimum Gasteiger partial charge on any atom is -0.454 e. The highest BCUT2D eigenvalue weighted by atomic mass is 16.6. The number of carbonyl (C=O) groups is 1. The van der Waals surface area contributed by atoms with Crippen LogP contribution >= 0.6 is 0 Å². The van der Waals surface area contributed by atoms with E-state index >= 15 is 0 Å². The average molecular weight is 287 g/mol. The first kappa shape index (κ1) is 14.6. The van der Waals surface area contributed by atoms with Crippen LogP contribution in [0.15, 0.2) is 30.3 Å². The Kier molecular flexibility index (Phi) is 4.03. The van der Waals surface area contributed by atoms with E-state index in [-0.39, 0.29) is 5.97 Å². The minimum atomic E-state index is -0.415. The predicted octanol–water partition coefficient (Wildman–Crippen LogP) is 3.34. The fourth-order valence-electron chi connectivity index (χ4n) is 4.25. The third-order valence-electron chi connectivity index (χ3n) is 5.33. The molecule has 1 heterocycles. The van der Waals surface area contributed by atoms with Crippen LogP contribution in [-0.4, -0.2) is 30.5 Å². The Morgan fingerprint density at radius 1 is 1.33 bits per heavy atom. The minimum absolute atomic E-state index is 0.0749. The lowest BCUT2D eigenvalue weighted by Crippen LogP contribution is -2.54. The molecule has 1 saturated carbocycles. The zero-order valence-electron chi connectivity index (χ0n) is 13.0. The summed E-state index contributed by atoms with van der Waals surface area (Å²) < 4.78 is 6.11. The van der Waals surface area contributed by atoms with Gasteiger partial charge in [0.15, 0.2) is 0 Å². The Morgan fingerprint density at radius 3 is 2.81 bits per heavy atom. The molecule has 0 unspecified atom stereocenters. The molecule has 1 aliphatic carbocycles. The molecule has 2 fully saturated rings. The second kappa shape index (κ2) is 5.80. The SMILES string of the molecule is CCC(=O)O[C@]1(c2ccccc2)CCN(C)[C@@H]2CCC[C@@H]21. The Bertz CT molecular complexity index is 501. The summed E-state index contributed by atoms with van der Waals surface area (Å²) in [5.41, 5.74) is 0.763. The zero-order chi connectivity index (χ0) is 14.9. The Balaban J connectivity index is 2.02. The number of benzene rings is 1. The quantitative estimate of drug-likeness (QED) is 0.799. The molecule has 114 valence electrons. The molecule has 0 amide bonds. The van der Waals surface area contributed by atoms with Gasteiger partial charge in [0.1, 0.15) is 5.60 Å². The van der Waals surface area contributed by atoms with Crippen LogP contribution in [0.3, 0.4) is 0 Å². The Morgan fingerprint density at radius 2 is 2.10 bits per heavy atom. The number of rotatable bonds is 3. The summed E-state index contributed by atoms with van der Waals surface area (Å²) in [5.74, 6) is 0.350. The largest absolute Gasteiger partial charge is 0.454 e. The first-order valence-corrected chi connectivity index (χ1v) is 8.15. The topological polar surface area (TPSA) is 29.5 Å². The number of hydrogen-bond donors (Lipinski definition) is 0. The van der Waals surface area contributed by atoms with Gasteiger partial charge < -0.3 is 9.64 Å². The number of fused-ring (bicyclic) bond motifs is 1. The Hall–Kier alpha value is -1.35. The summed E-state index contributed by atoms with van der Waals surface area (Å²) in [5, 5.41) is 0. The van der Waals surface area contributed by atoms with Gasteiger partial charge in [0, 0.05) is 31.3 Å². The number of ether oxygens (including phenoxy) is 1. The van der Waals surface area contributed by atoms with Gasteiger partial charge >= 0.3 is 5.97 Å². The molecule has 3 nitrogen and oxygen atoms in total. The van der Waals surface area contributed by atoms with Crippen molar-refractivity contribution < 1.29 is 9.53 Å². The fraction of sp³-hybridized carbons (Fsp3) is 0.611. The van der Waals surface area contributed by atoms with Gasteiger partial charge in [0.2, 0.25) is 0 Å². The van der Waals surface area contributed by atoms with Crippen LogP contribution in [0.1, 0.15) is 44.6 Å². The van der Waals surface area contributed by atoms with Crippen LogP contribution in [0.4, 0.5) is 0 Å². The van der Waals surface area contributed by atoms with E-state index in [9.17, 15) is 4.79 Å². The molecule has 0 N–H and O–H groups in total. The highest BCUT2D eigenvalue weighted by Crippen LogP contribution is 2.50. The van der Waals surface area contributed by atoms with Crippen molar-refractivity contribution in [2.24, 2.45) is 5.92 Å². The van der Waals surface area contributed by atoms with Crippen LogP contribution in [0, 0.1) is 5.92 Å². The molecule has 0 radical (unpaired) electrons. The third-order valence-corrected chi connectivity index (χ3v) is 5.33. The molecule has 3 heteroatoms. The maximum absolute atomic E-state index is 12.1. The second-order valence-electron chi connectivity index (χ2n) is 6.42. The van der Waals surface area contributed by atoms with Crippen molar-refractivity contribution in [2.45, 2.75) is 50.7 Å². The van der Waals surface area contributed by atoms with E-state index in [4.69, 9.17) is 4.74 Å². The first-order valence-electron chi connectivity index (χ1n) is 8.15. The number of hydrogen-bond acceptors (Lipinski definition) is 3. The maximum atomic E-state index is 12.1. The first-order chi connectivity index (χ1) is 10.2. The van der Waals surface area contributed by atoms with Crippen molar-refractivity contribution in [1.29, 1.82) is 0 Å². The summed E-state index contributed by atoms with van der Waals surface area (Å²) in [6.45, 7) is 2.87. The monoisotopic (exact) mass is 287 g/mol. The molecule has 3 atom stereocenters. The van der Waals surface area contributed by atoms with Gasteiger partial charge in [-0.1, -0.05) is 43.7 Å². The van der Waals surface area contributed by atoms with Crippen LogP contribution < -0.4 is 0 Å². The van der Waals surface area contributed by atoms with Crippen LogP contribution in [0.5, 0.6) is 0 Å². The molecule has 1 saturated heterocycles. The molecular weight excluding hydrogens is 262 g/mol. The summed E-state index contributed by atoms with van der Waals surface area (Å²) in [4.78, 5) is 14.5. The lowest BCUT2D eigenvalue weighted by atomic mass is 9.73. The lowest BCUT2D eigenvalue weighted by molar-refractivity contribution is -0.179. The third kappa shape index (κ3) is 2.48. The van der Waals surface area contributed by atoms with Gasteiger partial charge in [-0.15, -0.1) is 0 Å². The number of esters is 1. The highest BCUT2D eigenvalue weighted by Gasteiger charge is 2.52. The van der Waals surface area contributed by atoms with Crippen LogP contribution in [-0.2, 0) is 15.1 Å². The van der Waals surface area contributed by atoms with E-state index in [0.29, 0.717) is 18.4 Å². The molecule has 0 spiro atoms. The summed E-state index contributed by atoms with van der Waals surface area (Å²) in [7, 11) is 2.21. The molecule has 21 heavy (non-hydrogen) atoms. The van der Waals surface area contributed by atoms with Crippen molar-refractivity contribution >= 4 is 5.97 Å². The van der Waals surface area contributed by atoms with E-state index < -0.39 is 5.60 Å². The average Bonchev–Trinajstić information content (AvgIpc) is 3.02. The van der Waals surface area contributed by atoms with Gasteiger partial charge in [0.25, 0.3) is 0 Å². The van der Waals surface area contributed by atoms with E-state index in [1.165, 1.54) is 18.4 Å². The van der Waals surface area contributed by atoms with Gasteiger partial charge in [-0.05, 0) is 25.5 Å². The van der Waals surface area contributed by atoms with Crippen molar-refractivity contribution in [3.8, 4) is 0 Å². The lowest BCUT2D eigenvalue weighted by Gasteiger charge is -2.49. The van der Waals surface area contributed by atoms with Crippen molar-refractivity contribution in [3.63, 3.8) is 0 Å². The second-order valence-corrected chi connectivity index (χ2v) is 6.42. The standard InChI is InChI=1S/C18H25NO2/c1-3-17(20)21-18(14-8-5-4-6-9-14)12-13-19(2)16-11-7-10-15(16)18/h4-6,8-9,15-16H,3,7,10-13H2,1-2H3/t15-,16+,18-/m0/s1. The molecule has 1 aliphatic heterocycles. The maximum Gasteiger partial charge on any atom is 0.306 e. The van der Waals surface area contributed by atoms with E-state index in [1.807, 2.05) is 13.0 Å². The molecule has 0 aromatic heterocycles. The van der Waals surface area contributed by atoms with Crippen molar-refractivity contribution in [2.75, 3.05) is 13.6 Å². The summed E-state index contributed by atoms with van der Waals surface area (Å²) in [6, 6.07) is 10.9. The molecule has 3 rings (SSSR count). The van der Waals surface area contributed by atoms with Gasteiger partial charge in [-0.2, -0.15) is 0 Å². The number of carbonyl (C=O) groups excluding carboxylic acids is 1. The summed E-state index contributed by atoms with van der Waals surface area (Å²) >= 11 is 0.